The van der Waals surface area contributed by atoms with Crippen LogP contribution in [0.2, 0.25) is 5.02 Å². The van der Waals surface area contributed by atoms with E-state index in [4.69, 9.17) is 21.1 Å². The van der Waals surface area contributed by atoms with Gasteiger partial charge in [-0.2, -0.15) is 0 Å². The Kier molecular flexibility index (Phi) is 9.28. The number of nitrogens with zero attached hydrogens (tertiary/aromatic N) is 1. The van der Waals surface area contributed by atoms with Crippen molar-refractivity contribution in [3.05, 3.63) is 112 Å². The zero-order chi connectivity index (χ0) is 31.3. The van der Waals surface area contributed by atoms with Crippen LogP contribution in [0.25, 0.3) is 11.1 Å². The Morgan fingerprint density at radius 1 is 1.04 bits per heavy atom. The van der Waals surface area contributed by atoms with E-state index in [2.05, 4.69) is 15.6 Å². The molecule has 1 aliphatic carbocycles. The molecule has 3 N–H and O–H groups in total. The van der Waals surface area contributed by atoms with Gasteiger partial charge >= 0.3 is 5.97 Å². The maximum atomic E-state index is 14.7. The fourth-order valence-electron chi connectivity index (χ4n) is 5.94. The van der Waals surface area contributed by atoms with Crippen molar-refractivity contribution in [3.8, 4) is 22.6 Å². The third-order valence-corrected chi connectivity index (χ3v) is 8.55. The van der Waals surface area contributed by atoms with Gasteiger partial charge in [0.05, 0.1) is 10.6 Å². The van der Waals surface area contributed by atoms with E-state index < -0.39 is 12.0 Å². The van der Waals surface area contributed by atoms with Crippen LogP contribution in [0.3, 0.4) is 0 Å². The summed E-state index contributed by atoms with van der Waals surface area (Å²) in [4.78, 5) is 28.8. The average molecular weight is 630 g/mol. The highest BCUT2D eigenvalue weighted by molar-refractivity contribution is 6.32. The number of ether oxygens (including phenoxy) is 2. The van der Waals surface area contributed by atoms with Crippen molar-refractivity contribution >= 4 is 23.5 Å². The number of rotatable bonds is 4. The van der Waals surface area contributed by atoms with Crippen LogP contribution in [0.1, 0.15) is 64.4 Å². The number of aliphatic carboxylic acids is 1. The monoisotopic (exact) mass is 629 g/mol. The minimum atomic E-state index is -0.954. The van der Waals surface area contributed by atoms with Gasteiger partial charge in [0, 0.05) is 48.2 Å². The topological polar surface area (TPSA) is 110 Å². The van der Waals surface area contributed by atoms with Gasteiger partial charge in [-0.3, -0.25) is 14.6 Å². The Labute approximate surface area is 265 Å². The molecule has 3 aromatic carbocycles. The van der Waals surface area contributed by atoms with Crippen LogP contribution in [0, 0.1) is 5.82 Å². The molecule has 2 aliphatic rings. The normalized spacial score (nSPS) is 18.7. The highest BCUT2D eigenvalue weighted by Gasteiger charge is 2.28. The first-order valence-corrected chi connectivity index (χ1v) is 15.4. The van der Waals surface area contributed by atoms with Gasteiger partial charge in [-0.05, 0) is 67.0 Å². The maximum Gasteiger partial charge on any atom is 0.320 e. The fourth-order valence-corrected chi connectivity index (χ4v) is 6.17. The van der Waals surface area contributed by atoms with E-state index in [-0.39, 0.29) is 31.0 Å². The number of carbonyl (C=O) groups excluding carboxylic acids is 1. The quantitative estimate of drug-likeness (QED) is 0.232. The molecule has 1 amide bonds. The molecule has 2 atom stereocenters. The number of halogens is 2. The molecule has 2 bridgehead atoms. The van der Waals surface area contributed by atoms with Gasteiger partial charge in [0.2, 0.25) is 0 Å². The van der Waals surface area contributed by atoms with Crippen LogP contribution < -0.4 is 20.1 Å². The predicted octanol–water partition coefficient (Wildman–Crippen LogP) is 6.64. The largest absolute Gasteiger partial charge is 0.488 e. The lowest BCUT2D eigenvalue weighted by Gasteiger charge is -2.21. The summed E-state index contributed by atoms with van der Waals surface area (Å²) >= 11 is 6.77. The van der Waals surface area contributed by atoms with Gasteiger partial charge in [-0.15, -0.1) is 0 Å². The molecule has 0 saturated heterocycles. The number of carboxylic acids is 1. The van der Waals surface area contributed by atoms with Crippen molar-refractivity contribution in [1.29, 1.82) is 0 Å². The molecule has 1 unspecified atom stereocenters. The Hall–Kier alpha value is -4.47. The second-order valence-corrected chi connectivity index (χ2v) is 11.7. The van der Waals surface area contributed by atoms with Gasteiger partial charge in [0.15, 0.2) is 0 Å². The first kappa shape index (κ1) is 30.6. The maximum absolute atomic E-state index is 14.7. The fraction of sp³-hybridized carbons (Fsp3) is 0.286. The third-order valence-electron chi connectivity index (χ3n) is 8.26. The molecular formula is C35H33ClFN3O5. The Morgan fingerprint density at radius 2 is 1.89 bits per heavy atom. The zero-order valence-electron chi connectivity index (χ0n) is 24.5. The molecule has 45 heavy (non-hydrogen) atoms. The number of carboxylic acid groups (broad SMARTS) is 1. The smallest absolute Gasteiger partial charge is 0.320 e. The number of nitrogens with one attached hydrogen (secondary N) is 2. The van der Waals surface area contributed by atoms with Gasteiger partial charge in [-0.1, -0.05) is 48.0 Å². The molecule has 10 heteroatoms. The standard InChI is InChI=1S/C35H33ClFN3O5/c36-28-15-22-19-40-30(35(42)43)10-3-4-13-39-34(41)23-14-21(17-38-18-23)20-44-32(22)16-33(28)45-31-12-11-25-24(7-5-8-27(25)31)26-6-1-2-9-29(26)37/h1-2,5-9,14-18,30-31,40H,3-4,10-13,19-20H2,(H,39,41)(H,42,43)/t30?,31-/m0/s1. The average Bonchev–Trinajstić information content (AvgIpc) is 3.45. The van der Waals surface area contributed by atoms with Gasteiger partial charge in [-0.25, -0.2) is 4.39 Å². The van der Waals surface area contributed by atoms with Crippen LogP contribution in [0.15, 0.2) is 73.1 Å². The van der Waals surface area contributed by atoms with E-state index in [1.807, 2.05) is 24.3 Å². The number of carbonyl (C=O) groups is 2. The molecule has 232 valence electrons. The molecule has 1 aromatic heterocycles. The number of hydrogen-bond donors (Lipinski definition) is 3. The summed E-state index contributed by atoms with van der Waals surface area (Å²) in [6, 6.07) is 17.0. The van der Waals surface area contributed by atoms with Crippen molar-refractivity contribution in [2.75, 3.05) is 6.54 Å². The zero-order valence-corrected chi connectivity index (χ0v) is 25.3. The molecular weight excluding hydrogens is 597 g/mol. The first-order valence-electron chi connectivity index (χ1n) is 15.0. The summed E-state index contributed by atoms with van der Waals surface area (Å²) in [7, 11) is 0. The van der Waals surface area contributed by atoms with E-state index in [0.717, 1.165) is 23.1 Å². The minimum Gasteiger partial charge on any atom is -0.488 e. The second-order valence-electron chi connectivity index (χ2n) is 11.3. The highest BCUT2D eigenvalue weighted by atomic mass is 35.5. The SMILES string of the molecule is O=C1NCCCCC(C(=O)O)NCc2cc(Cl)c(O[C@H]3CCc4c(-c5ccccc5F)cccc43)cc2OCc2cncc1c2. The van der Waals surface area contributed by atoms with Crippen LogP contribution in [-0.2, 0) is 24.4 Å². The molecule has 0 spiro atoms. The number of hydrogen-bond acceptors (Lipinski definition) is 6. The minimum absolute atomic E-state index is 0.114. The van der Waals surface area contributed by atoms with Crippen molar-refractivity contribution < 1.29 is 28.6 Å². The molecule has 1 aliphatic heterocycles. The van der Waals surface area contributed by atoms with E-state index in [9.17, 15) is 19.1 Å². The lowest BCUT2D eigenvalue weighted by Crippen LogP contribution is -2.36. The summed E-state index contributed by atoms with van der Waals surface area (Å²) in [6.45, 7) is 0.755. The molecule has 0 radical (unpaired) electrons. The predicted molar refractivity (Wildman–Crippen MR) is 168 cm³/mol. The van der Waals surface area contributed by atoms with Crippen molar-refractivity contribution in [2.24, 2.45) is 0 Å². The number of pyridine rings is 1. The number of benzene rings is 3. The summed E-state index contributed by atoms with van der Waals surface area (Å²) in [6.07, 6.45) is 5.89. The van der Waals surface area contributed by atoms with E-state index in [1.165, 1.54) is 12.3 Å². The summed E-state index contributed by atoms with van der Waals surface area (Å²) in [5.41, 5.74) is 5.22. The van der Waals surface area contributed by atoms with Crippen LogP contribution >= 0.6 is 11.6 Å². The lowest BCUT2D eigenvalue weighted by atomic mass is 9.96. The molecule has 0 saturated carbocycles. The molecule has 8 nitrogen and oxygen atoms in total. The van der Waals surface area contributed by atoms with Gasteiger partial charge < -0.3 is 25.2 Å². The van der Waals surface area contributed by atoms with Crippen molar-refractivity contribution in [3.63, 3.8) is 0 Å². The lowest BCUT2D eigenvalue weighted by molar-refractivity contribution is -0.139. The van der Waals surface area contributed by atoms with Crippen LogP contribution in [0.4, 0.5) is 4.39 Å². The van der Waals surface area contributed by atoms with E-state index in [0.29, 0.717) is 71.0 Å². The first-order chi connectivity index (χ1) is 21.9. The summed E-state index contributed by atoms with van der Waals surface area (Å²) in [5, 5.41) is 16.2. The second kappa shape index (κ2) is 13.7. The highest BCUT2D eigenvalue weighted by Crippen LogP contribution is 2.43. The molecule has 6 rings (SSSR count). The van der Waals surface area contributed by atoms with Crippen molar-refractivity contribution in [2.45, 2.75) is 57.4 Å². The Bertz CT molecular complexity index is 1730. The van der Waals surface area contributed by atoms with Crippen LogP contribution in [-0.4, -0.2) is 34.6 Å². The molecule has 4 aromatic rings. The number of fused-ring (bicyclic) bond motifs is 4. The Balaban J connectivity index is 1.30. The summed E-state index contributed by atoms with van der Waals surface area (Å²) < 4.78 is 27.4. The summed E-state index contributed by atoms with van der Waals surface area (Å²) in [5.74, 6) is -0.592. The molecule has 0 fully saturated rings. The third kappa shape index (κ3) is 6.95. The number of aromatic nitrogens is 1. The van der Waals surface area contributed by atoms with Gasteiger partial charge in [0.1, 0.15) is 36.1 Å². The van der Waals surface area contributed by atoms with Crippen LogP contribution in [0.5, 0.6) is 11.5 Å². The van der Waals surface area contributed by atoms with Gasteiger partial charge in [0.25, 0.3) is 5.91 Å². The van der Waals surface area contributed by atoms with E-state index in [1.54, 1.807) is 36.5 Å². The Morgan fingerprint density at radius 3 is 2.73 bits per heavy atom. The number of amides is 1. The van der Waals surface area contributed by atoms with E-state index >= 15 is 0 Å². The van der Waals surface area contributed by atoms with Crippen molar-refractivity contribution in [1.82, 2.24) is 15.6 Å². The molecule has 2 heterocycles.